The molecule has 2 aromatic rings. The van der Waals surface area contributed by atoms with Crippen molar-refractivity contribution in [1.29, 1.82) is 0 Å². The van der Waals surface area contributed by atoms with E-state index in [4.69, 9.17) is 4.74 Å². The molecule has 0 amide bonds. The van der Waals surface area contributed by atoms with Gasteiger partial charge in [0.05, 0.1) is 6.61 Å². The van der Waals surface area contributed by atoms with E-state index >= 15 is 0 Å². The van der Waals surface area contributed by atoms with Gasteiger partial charge in [0, 0.05) is 25.5 Å². The molecule has 0 radical (unpaired) electrons. The molecule has 0 saturated heterocycles. The van der Waals surface area contributed by atoms with Gasteiger partial charge < -0.3 is 19.6 Å². The van der Waals surface area contributed by atoms with Crippen molar-refractivity contribution in [2.24, 2.45) is 11.8 Å². The van der Waals surface area contributed by atoms with Gasteiger partial charge in [-0.2, -0.15) is 26.3 Å². The van der Waals surface area contributed by atoms with Gasteiger partial charge in [-0.1, -0.05) is 27.7 Å². The molecule has 2 unspecified atom stereocenters. The Bertz CT molecular complexity index is 1630. The van der Waals surface area contributed by atoms with E-state index < -0.39 is 75.8 Å². The number of likely N-dealkylation sites (N-methyl/N-ethyl adjacent to an activating group) is 2. The number of carbonyl (C=O) groups excluding carboxylic acids is 1. The molecule has 296 valence electrons. The molecular formula is C34H48F8N4O6. The summed E-state index contributed by atoms with van der Waals surface area (Å²) in [5.74, 6) is -6.24. The molecule has 0 aliphatic rings. The first-order valence-electron chi connectivity index (χ1n) is 16.5. The Morgan fingerprint density at radius 2 is 1.08 bits per heavy atom. The maximum Gasteiger partial charge on any atom is 0.419 e. The lowest BCUT2D eigenvalue weighted by atomic mass is 10.0. The zero-order valence-corrected chi connectivity index (χ0v) is 30.7. The van der Waals surface area contributed by atoms with Crippen molar-refractivity contribution >= 4 is 11.9 Å². The summed E-state index contributed by atoms with van der Waals surface area (Å²) in [5.41, 5.74) is -7.05. The third-order valence-corrected chi connectivity index (χ3v) is 7.64. The van der Waals surface area contributed by atoms with Gasteiger partial charge in [0.15, 0.2) is 0 Å². The average Bonchev–Trinajstić information content (AvgIpc) is 2.98. The van der Waals surface area contributed by atoms with E-state index in [1.165, 1.54) is 0 Å². The van der Waals surface area contributed by atoms with Gasteiger partial charge in [-0.25, -0.2) is 18.4 Å². The van der Waals surface area contributed by atoms with E-state index in [0.29, 0.717) is 4.57 Å². The van der Waals surface area contributed by atoms with Crippen molar-refractivity contribution in [3.05, 3.63) is 67.0 Å². The van der Waals surface area contributed by atoms with Crippen molar-refractivity contribution in [2.75, 3.05) is 47.9 Å². The summed E-state index contributed by atoms with van der Waals surface area (Å²) < 4.78 is 115. The van der Waals surface area contributed by atoms with Crippen LogP contribution in [-0.2, 0) is 39.5 Å². The average molecular weight is 761 g/mol. The lowest BCUT2D eigenvalue weighted by Crippen LogP contribution is -2.36. The van der Waals surface area contributed by atoms with E-state index in [0.717, 1.165) is 17.0 Å². The highest BCUT2D eigenvalue weighted by molar-refractivity contribution is 5.74. The van der Waals surface area contributed by atoms with Crippen LogP contribution in [0.4, 0.5) is 35.1 Å². The number of hydrogen-bond donors (Lipinski definition) is 1. The lowest BCUT2D eigenvalue weighted by molar-refractivity contribution is -0.148. The SMILES string of the molecule is CC(C)CC(C(=O)O)n1cc(CCN(C)C)c(C(F)(F)F)c(F)c1=O.CCOC(=O)C(CC(C)C)n1cc(CCN(C)C)c(C(F)(F)F)c(F)c1=O. The molecule has 2 atom stereocenters. The number of rotatable bonds is 15. The van der Waals surface area contributed by atoms with E-state index in [1.54, 1.807) is 72.6 Å². The molecule has 1 N–H and O–H groups in total. The van der Waals surface area contributed by atoms with Crippen molar-refractivity contribution in [3.8, 4) is 0 Å². The number of aromatic nitrogens is 2. The van der Waals surface area contributed by atoms with Crippen LogP contribution in [0.2, 0.25) is 0 Å². The minimum atomic E-state index is -5.04. The Morgan fingerprint density at radius 1 is 0.731 bits per heavy atom. The van der Waals surface area contributed by atoms with E-state index in [9.17, 15) is 59.4 Å². The zero-order valence-electron chi connectivity index (χ0n) is 30.7. The molecule has 2 rings (SSSR count). The number of pyridine rings is 2. The Labute approximate surface area is 297 Å². The molecule has 0 saturated carbocycles. The number of esters is 1. The highest BCUT2D eigenvalue weighted by Crippen LogP contribution is 2.35. The monoisotopic (exact) mass is 760 g/mol. The Balaban J connectivity index is 0.000000522. The molecule has 0 aromatic carbocycles. The number of alkyl halides is 6. The zero-order chi connectivity index (χ0) is 40.5. The molecule has 18 heteroatoms. The van der Waals surface area contributed by atoms with Crippen molar-refractivity contribution in [2.45, 2.75) is 84.7 Å². The van der Waals surface area contributed by atoms with Crippen LogP contribution in [0.3, 0.4) is 0 Å². The summed E-state index contributed by atoms with van der Waals surface area (Å²) in [6.07, 6.45) is -8.45. The normalized spacial score (nSPS) is 13.4. The third kappa shape index (κ3) is 13.0. The first-order chi connectivity index (χ1) is 23.8. The molecule has 0 bridgehead atoms. The summed E-state index contributed by atoms with van der Waals surface area (Å²) in [7, 11) is 6.61. The number of carboxylic acids is 1. The maximum absolute atomic E-state index is 14.5. The Kier molecular flexibility index (Phi) is 17.2. The van der Waals surface area contributed by atoms with E-state index in [2.05, 4.69) is 0 Å². The standard InChI is InChI=1S/C18H26F4N2O3.C16H22F4N2O3/c1-6-27-17(26)13(9-11(2)3)24-10-12(7-8-23(4)5)14(18(20,21)22)15(19)16(24)25;1-9(2)7-11(15(24)25)22-8-10(5-6-21(3)4)12(16(18,19)20)13(17)14(22)23/h10-11,13H,6-9H2,1-5H3;8-9,11H,5-7H2,1-4H3,(H,24,25). The summed E-state index contributed by atoms with van der Waals surface area (Å²) >= 11 is 0. The number of halogens is 8. The van der Waals surface area contributed by atoms with E-state index in [-0.39, 0.29) is 62.8 Å². The topological polar surface area (TPSA) is 114 Å². The van der Waals surface area contributed by atoms with Gasteiger partial charge in [-0.15, -0.1) is 0 Å². The number of carboxylic acid groups (broad SMARTS) is 1. The Morgan fingerprint density at radius 3 is 1.37 bits per heavy atom. The molecule has 0 aliphatic carbocycles. The minimum absolute atomic E-state index is 0.00678. The third-order valence-electron chi connectivity index (χ3n) is 7.64. The van der Waals surface area contributed by atoms with Gasteiger partial charge in [0.2, 0.25) is 11.6 Å². The highest BCUT2D eigenvalue weighted by Gasteiger charge is 2.41. The molecule has 2 aromatic heterocycles. The van der Waals surface area contributed by atoms with Crippen LogP contribution in [0.15, 0.2) is 22.0 Å². The second-order valence-electron chi connectivity index (χ2n) is 13.6. The van der Waals surface area contributed by atoms with Crippen LogP contribution in [0, 0.1) is 23.5 Å². The minimum Gasteiger partial charge on any atom is -0.480 e. The Hall–Kier alpha value is -3.80. The summed E-state index contributed by atoms with van der Waals surface area (Å²) in [6.45, 7) is 8.98. The van der Waals surface area contributed by atoms with Crippen LogP contribution < -0.4 is 11.1 Å². The lowest BCUT2D eigenvalue weighted by Gasteiger charge is -2.23. The van der Waals surface area contributed by atoms with Crippen LogP contribution >= 0.6 is 0 Å². The molecule has 52 heavy (non-hydrogen) atoms. The fourth-order valence-corrected chi connectivity index (χ4v) is 5.24. The number of ether oxygens (including phenoxy) is 1. The fraction of sp³-hybridized carbons (Fsp3) is 0.647. The van der Waals surface area contributed by atoms with Crippen LogP contribution in [-0.4, -0.2) is 83.9 Å². The molecule has 2 heterocycles. The van der Waals surface area contributed by atoms with Crippen molar-refractivity contribution in [1.82, 2.24) is 18.9 Å². The second-order valence-corrected chi connectivity index (χ2v) is 13.6. The van der Waals surface area contributed by atoms with Gasteiger partial charge >= 0.3 is 24.3 Å². The summed E-state index contributed by atoms with van der Waals surface area (Å²) in [6, 6.07) is -2.62. The maximum atomic E-state index is 14.5. The molecule has 10 nitrogen and oxygen atoms in total. The molecular weight excluding hydrogens is 712 g/mol. The van der Waals surface area contributed by atoms with Crippen LogP contribution in [0.25, 0.3) is 0 Å². The smallest absolute Gasteiger partial charge is 0.419 e. The van der Waals surface area contributed by atoms with E-state index in [1.807, 2.05) is 0 Å². The van der Waals surface area contributed by atoms with Crippen LogP contribution in [0.1, 0.15) is 81.8 Å². The highest BCUT2D eigenvalue weighted by atomic mass is 19.4. The van der Waals surface area contributed by atoms with Gasteiger partial charge in [0.1, 0.15) is 23.2 Å². The van der Waals surface area contributed by atoms with Crippen molar-refractivity contribution in [3.63, 3.8) is 0 Å². The number of nitrogens with zero attached hydrogens (tertiary/aromatic N) is 4. The van der Waals surface area contributed by atoms with Gasteiger partial charge in [-0.05, 0) is 83.8 Å². The first-order valence-corrected chi connectivity index (χ1v) is 16.5. The fourth-order valence-electron chi connectivity index (χ4n) is 5.24. The molecule has 0 aliphatic heterocycles. The first kappa shape index (κ1) is 46.2. The molecule has 0 spiro atoms. The van der Waals surface area contributed by atoms with Crippen LogP contribution in [0.5, 0.6) is 0 Å². The molecule has 0 fully saturated rings. The van der Waals surface area contributed by atoms with Gasteiger partial charge in [-0.3, -0.25) is 18.7 Å². The second kappa shape index (κ2) is 19.3. The predicted octanol–water partition coefficient (Wildman–Crippen LogP) is 6.04. The predicted molar refractivity (Wildman–Crippen MR) is 177 cm³/mol. The number of aliphatic carboxylic acids is 1. The number of carbonyl (C=O) groups is 2. The summed E-state index contributed by atoms with van der Waals surface area (Å²) in [4.78, 5) is 51.4. The summed E-state index contributed by atoms with van der Waals surface area (Å²) in [5, 5.41) is 9.32. The number of hydrogen-bond acceptors (Lipinski definition) is 7. The van der Waals surface area contributed by atoms with Gasteiger partial charge in [0.25, 0.3) is 11.1 Å². The van der Waals surface area contributed by atoms with Crippen molar-refractivity contribution < 1.29 is 54.6 Å². The largest absolute Gasteiger partial charge is 0.480 e. The quantitative estimate of drug-likeness (QED) is 0.173.